The van der Waals surface area contributed by atoms with E-state index in [0.29, 0.717) is 28.7 Å². The third kappa shape index (κ3) is 7.48. The zero-order valence-corrected chi connectivity index (χ0v) is 16.6. The molecule has 150 valence electrons. The van der Waals surface area contributed by atoms with Gasteiger partial charge in [-0.25, -0.2) is 0 Å². The van der Waals surface area contributed by atoms with Gasteiger partial charge in [-0.05, 0) is 42.8 Å². The van der Waals surface area contributed by atoms with E-state index in [2.05, 4.69) is 17.8 Å². The molecule has 0 atom stereocenters. The lowest BCUT2D eigenvalue weighted by Gasteiger charge is -2.10. The number of carbonyl (C=O) groups is 2. The van der Waals surface area contributed by atoms with Crippen LogP contribution in [0.4, 0.5) is 0 Å². The summed E-state index contributed by atoms with van der Waals surface area (Å²) >= 11 is 5.95. The van der Waals surface area contributed by atoms with Crippen LogP contribution in [0, 0.1) is 0 Å². The first-order chi connectivity index (χ1) is 13.6. The molecule has 0 radical (unpaired) electrons. The Hall–Kier alpha value is -2.73. The number of rotatable bonds is 10. The molecule has 7 heteroatoms. The molecule has 0 heterocycles. The van der Waals surface area contributed by atoms with Crippen molar-refractivity contribution < 1.29 is 19.1 Å². The minimum atomic E-state index is -0.500. The van der Waals surface area contributed by atoms with Crippen LogP contribution in [0.15, 0.2) is 48.5 Å². The van der Waals surface area contributed by atoms with Gasteiger partial charge < -0.3 is 9.47 Å². The zero-order chi connectivity index (χ0) is 20.2. The summed E-state index contributed by atoms with van der Waals surface area (Å²) in [6, 6.07) is 13.6. The van der Waals surface area contributed by atoms with Crippen LogP contribution in [0.5, 0.6) is 11.5 Å². The van der Waals surface area contributed by atoms with Crippen molar-refractivity contribution in [3.63, 3.8) is 0 Å². The topological polar surface area (TPSA) is 76.7 Å². The Labute approximate surface area is 170 Å². The van der Waals surface area contributed by atoms with E-state index in [1.165, 1.54) is 12.8 Å². The molecule has 0 saturated carbocycles. The van der Waals surface area contributed by atoms with Crippen LogP contribution in [0.25, 0.3) is 0 Å². The van der Waals surface area contributed by atoms with Gasteiger partial charge in [0, 0.05) is 5.56 Å². The molecule has 0 saturated heterocycles. The third-order valence-electron chi connectivity index (χ3n) is 3.89. The van der Waals surface area contributed by atoms with E-state index in [1.807, 2.05) is 0 Å². The Kier molecular flexibility index (Phi) is 9.15. The van der Waals surface area contributed by atoms with E-state index in [4.69, 9.17) is 21.1 Å². The fourth-order valence-corrected chi connectivity index (χ4v) is 2.55. The summed E-state index contributed by atoms with van der Waals surface area (Å²) in [5.41, 5.74) is 5.05. The Balaban J connectivity index is 1.70. The fraction of sp³-hybridized carbons (Fsp3) is 0.333. The van der Waals surface area contributed by atoms with Crippen LogP contribution in [-0.4, -0.2) is 25.0 Å². The van der Waals surface area contributed by atoms with Gasteiger partial charge in [0.05, 0.1) is 11.6 Å². The van der Waals surface area contributed by atoms with Crippen LogP contribution in [0.2, 0.25) is 5.02 Å². The maximum atomic E-state index is 12.1. The highest BCUT2D eigenvalue weighted by Gasteiger charge is 2.09. The van der Waals surface area contributed by atoms with Crippen LogP contribution in [0.1, 0.15) is 43.0 Å². The molecule has 2 aromatic rings. The van der Waals surface area contributed by atoms with Crippen molar-refractivity contribution >= 4 is 23.4 Å². The largest absolute Gasteiger partial charge is 0.494 e. The van der Waals surface area contributed by atoms with E-state index in [1.54, 1.807) is 48.5 Å². The predicted molar refractivity (Wildman–Crippen MR) is 109 cm³/mol. The van der Waals surface area contributed by atoms with Crippen molar-refractivity contribution in [1.82, 2.24) is 10.9 Å². The van der Waals surface area contributed by atoms with Crippen molar-refractivity contribution in [2.75, 3.05) is 13.2 Å². The molecule has 0 fully saturated rings. The molecule has 0 unspecified atom stereocenters. The van der Waals surface area contributed by atoms with Gasteiger partial charge in [-0.3, -0.25) is 20.4 Å². The highest BCUT2D eigenvalue weighted by molar-refractivity contribution is 6.32. The molecule has 28 heavy (non-hydrogen) atoms. The summed E-state index contributed by atoms with van der Waals surface area (Å²) in [7, 11) is 0. The minimum Gasteiger partial charge on any atom is -0.494 e. The van der Waals surface area contributed by atoms with E-state index in [0.717, 1.165) is 12.8 Å². The number of amides is 2. The van der Waals surface area contributed by atoms with Crippen LogP contribution < -0.4 is 20.3 Å². The van der Waals surface area contributed by atoms with Gasteiger partial charge in [-0.2, -0.15) is 0 Å². The Morgan fingerprint density at radius 1 is 0.929 bits per heavy atom. The van der Waals surface area contributed by atoms with Gasteiger partial charge in [-0.15, -0.1) is 0 Å². The van der Waals surface area contributed by atoms with Gasteiger partial charge in [0.2, 0.25) is 0 Å². The van der Waals surface area contributed by atoms with E-state index >= 15 is 0 Å². The van der Waals surface area contributed by atoms with E-state index in [-0.39, 0.29) is 6.61 Å². The molecule has 2 amide bonds. The lowest BCUT2D eigenvalue weighted by Crippen LogP contribution is -2.43. The SMILES string of the molecule is CCCCCCOc1ccc(C(=O)NNC(=O)COc2ccccc2Cl)cc1. The van der Waals surface area contributed by atoms with Gasteiger partial charge >= 0.3 is 0 Å². The number of hydrogen-bond acceptors (Lipinski definition) is 4. The summed E-state index contributed by atoms with van der Waals surface area (Å²) < 4.78 is 10.9. The third-order valence-corrected chi connectivity index (χ3v) is 4.21. The number of hydrogen-bond donors (Lipinski definition) is 2. The zero-order valence-electron chi connectivity index (χ0n) is 15.9. The van der Waals surface area contributed by atoms with Crippen LogP contribution >= 0.6 is 11.6 Å². The number of ether oxygens (including phenoxy) is 2. The standard InChI is InChI=1S/C21H25ClN2O4/c1-2-3-4-7-14-27-17-12-10-16(11-13-17)21(26)24-23-20(25)15-28-19-9-6-5-8-18(19)22/h5-6,8-13H,2-4,7,14-15H2,1H3,(H,23,25)(H,24,26). The summed E-state index contributed by atoms with van der Waals surface area (Å²) in [5.74, 6) is 0.182. The summed E-state index contributed by atoms with van der Waals surface area (Å²) in [4.78, 5) is 23.9. The maximum Gasteiger partial charge on any atom is 0.276 e. The van der Waals surface area contributed by atoms with Crippen molar-refractivity contribution in [3.8, 4) is 11.5 Å². The molecule has 0 aromatic heterocycles. The molecule has 2 rings (SSSR count). The Morgan fingerprint density at radius 3 is 2.39 bits per heavy atom. The minimum absolute atomic E-state index is 0.269. The fourth-order valence-electron chi connectivity index (χ4n) is 2.36. The Bertz CT molecular complexity index is 765. The average Bonchev–Trinajstić information content (AvgIpc) is 2.71. The summed E-state index contributed by atoms with van der Waals surface area (Å²) in [6.07, 6.45) is 4.55. The second-order valence-electron chi connectivity index (χ2n) is 6.15. The van der Waals surface area contributed by atoms with E-state index < -0.39 is 11.8 Å². The second-order valence-corrected chi connectivity index (χ2v) is 6.56. The second kappa shape index (κ2) is 11.9. The van der Waals surface area contributed by atoms with Gasteiger partial charge in [0.1, 0.15) is 11.5 Å². The highest BCUT2D eigenvalue weighted by Crippen LogP contribution is 2.22. The first-order valence-corrected chi connectivity index (χ1v) is 9.67. The molecule has 0 aliphatic carbocycles. The lowest BCUT2D eigenvalue weighted by atomic mass is 10.2. The molecule has 0 aliphatic rings. The maximum absolute atomic E-state index is 12.1. The van der Waals surface area contributed by atoms with Crippen LogP contribution in [0.3, 0.4) is 0 Å². The molecule has 2 N–H and O–H groups in total. The lowest BCUT2D eigenvalue weighted by molar-refractivity contribution is -0.123. The monoisotopic (exact) mass is 404 g/mol. The highest BCUT2D eigenvalue weighted by atomic mass is 35.5. The van der Waals surface area contributed by atoms with Crippen molar-refractivity contribution in [2.24, 2.45) is 0 Å². The molecule has 0 spiro atoms. The molecule has 2 aromatic carbocycles. The molecular formula is C21H25ClN2O4. The first kappa shape index (κ1) is 21.6. The van der Waals surface area contributed by atoms with Gasteiger partial charge in [-0.1, -0.05) is 49.9 Å². The van der Waals surface area contributed by atoms with Gasteiger partial charge in [0.15, 0.2) is 6.61 Å². The normalized spacial score (nSPS) is 10.2. The predicted octanol–water partition coefficient (Wildman–Crippen LogP) is 4.14. The molecule has 0 aliphatic heterocycles. The van der Waals surface area contributed by atoms with E-state index in [9.17, 15) is 9.59 Å². The van der Waals surface area contributed by atoms with Crippen molar-refractivity contribution in [2.45, 2.75) is 32.6 Å². The quantitative estimate of drug-likeness (QED) is 0.461. The number of unbranched alkanes of at least 4 members (excludes halogenated alkanes) is 3. The number of para-hydroxylation sites is 1. The average molecular weight is 405 g/mol. The molecule has 0 bridgehead atoms. The first-order valence-electron chi connectivity index (χ1n) is 9.29. The van der Waals surface area contributed by atoms with Crippen LogP contribution in [-0.2, 0) is 4.79 Å². The number of hydrazine groups is 1. The number of nitrogens with one attached hydrogen (secondary N) is 2. The number of benzene rings is 2. The van der Waals surface area contributed by atoms with Crippen molar-refractivity contribution in [1.29, 1.82) is 0 Å². The molecule has 6 nitrogen and oxygen atoms in total. The smallest absolute Gasteiger partial charge is 0.276 e. The summed E-state index contributed by atoms with van der Waals surface area (Å²) in [5, 5.41) is 0.409. The summed E-state index contributed by atoms with van der Waals surface area (Å²) in [6.45, 7) is 2.56. The van der Waals surface area contributed by atoms with Gasteiger partial charge in [0.25, 0.3) is 11.8 Å². The number of halogens is 1. The molecular weight excluding hydrogens is 380 g/mol. The number of carbonyl (C=O) groups excluding carboxylic acids is 2. The van der Waals surface area contributed by atoms with Crippen molar-refractivity contribution in [3.05, 3.63) is 59.1 Å². The Morgan fingerprint density at radius 2 is 1.68 bits per heavy atom.